The Labute approximate surface area is 108 Å². The Kier molecular flexibility index (Phi) is 4.20. The number of nitrogens with one attached hydrogen (secondary N) is 1. The molecular weight excluding hydrogens is 228 g/mol. The molecule has 4 heteroatoms. The predicted octanol–water partition coefficient (Wildman–Crippen LogP) is 1.33. The first-order valence-electron chi connectivity index (χ1n) is 6.32. The smallest absolute Gasteiger partial charge is 0.236 e. The van der Waals surface area contributed by atoms with Crippen molar-refractivity contribution in [2.24, 2.45) is 0 Å². The molecular formula is C14H20N2O2. The summed E-state index contributed by atoms with van der Waals surface area (Å²) < 4.78 is 5.24. The lowest BCUT2D eigenvalue weighted by molar-refractivity contribution is -0.130. The fraction of sp³-hybridized carbons (Fsp3) is 0.500. The van der Waals surface area contributed by atoms with E-state index < -0.39 is 0 Å². The molecule has 0 unspecified atom stereocenters. The van der Waals surface area contributed by atoms with E-state index >= 15 is 0 Å². The lowest BCUT2D eigenvalue weighted by atomic mass is 10.1. The first kappa shape index (κ1) is 12.9. The van der Waals surface area contributed by atoms with Crippen LogP contribution < -0.4 is 10.1 Å². The third kappa shape index (κ3) is 3.01. The molecule has 1 aromatic rings. The summed E-state index contributed by atoms with van der Waals surface area (Å²) in [7, 11) is 1.67. The van der Waals surface area contributed by atoms with Crippen LogP contribution in [-0.4, -0.2) is 37.6 Å². The number of hydrogen-bond acceptors (Lipinski definition) is 3. The molecule has 1 heterocycles. The highest BCUT2D eigenvalue weighted by atomic mass is 16.5. The minimum atomic E-state index is 0.181. The number of amides is 1. The summed E-state index contributed by atoms with van der Waals surface area (Å²) in [5.41, 5.74) is 2.26. The Morgan fingerprint density at radius 3 is 3.00 bits per heavy atom. The van der Waals surface area contributed by atoms with Crippen LogP contribution in [-0.2, 0) is 11.3 Å². The van der Waals surface area contributed by atoms with Crippen LogP contribution in [0.3, 0.4) is 0 Å². The van der Waals surface area contributed by atoms with Crippen molar-refractivity contribution in [3.63, 3.8) is 0 Å². The summed E-state index contributed by atoms with van der Waals surface area (Å²) in [5.74, 6) is 1.07. The van der Waals surface area contributed by atoms with Gasteiger partial charge in [-0.15, -0.1) is 0 Å². The van der Waals surface area contributed by atoms with E-state index in [1.165, 1.54) is 0 Å². The molecule has 1 aliphatic rings. The van der Waals surface area contributed by atoms with Crippen molar-refractivity contribution in [1.82, 2.24) is 10.2 Å². The lowest BCUT2D eigenvalue weighted by Crippen LogP contribution is -2.34. The summed E-state index contributed by atoms with van der Waals surface area (Å²) in [6.07, 6.45) is 1.01. The average molecular weight is 248 g/mol. The van der Waals surface area contributed by atoms with Gasteiger partial charge in [0.05, 0.1) is 13.7 Å². The molecule has 98 valence electrons. The number of carbonyl (C=O) groups is 1. The van der Waals surface area contributed by atoms with Gasteiger partial charge in [0.1, 0.15) is 5.75 Å². The van der Waals surface area contributed by atoms with Crippen molar-refractivity contribution in [3.8, 4) is 5.75 Å². The topological polar surface area (TPSA) is 41.6 Å². The highest BCUT2D eigenvalue weighted by Gasteiger charge is 2.16. The van der Waals surface area contributed by atoms with Crippen molar-refractivity contribution in [2.75, 3.05) is 26.7 Å². The second-order valence-corrected chi connectivity index (χ2v) is 4.65. The molecule has 1 amide bonds. The van der Waals surface area contributed by atoms with Gasteiger partial charge >= 0.3 is 0 Å². The van der Waals surface area contributed by atoms with E-state index in [2.05, 4.69) is 11.4 Å². The fourth-order valence-corrected chi connectivity index (χ4v) is 2.25. The number of benzene rings is 1. The van der Waals surface area contributed by atoms with Crippen LogP contribution in [0.1, 0.15) is 17.5 Å². The van der Waals surface area contributed by atoms with Gasteiger partial charge in [0.2, 0.25) is 5.91 Å². The van der Waals surface area contributed by atoms with Gasteiger partial charge in [-0.3, -0.25) is 4.79 Å². The van der Waals surface area contributed by atoms with Gasteiger partial charge in [-0.05, 0) is 37.1 Å². The van der Waals surface area contributed by atoms with Gasteiger partial charge in [-0.1, -0.05) is 12.1 Å². The van der Waals surface area contributed by atoms with Crippen LogP contribution in [0.4, 0.5) is 0 Å². The maximum absolute atomic E-state index is 11.9. The molecule has 1 saturated heterocycles. The van der Waals surface area contributed by atoms with Gasteiger partial charge < -0.3 is 15.0 Å². The third-order valence-electron chi connectivity index (χ3n) is 3.24. The number of aryl methyl sites for hydroxylation is 1. The molecule has 0 atom stereocenters. The van der Waals surface area contributed by atoms with Crippen LogP contribution in [0.2, 0.25) is 0 Å². The largest absolute Gasteiger partial charge is 0.496 e. The molecule has 2 rings (SSSR count). The van der Waals surface area contributed by atoms with Crippen LogP contribution in [0.15, 0.2) is 18.2 Å². The van der Waals surface area contributed by atoms with E-state index in [-0.39, 0.29) is 5.91 Å². The fourth-order valence-electron chi connectivity index (χ4n) is 2.25. The van der Waals surface area contributed by atoms with Crippen LogP contribution in [0.25, 0.3) is 0 Å². The molecule has 4 nitrogen and oxygen atoms in total. The summed E-state index contributed by atoms with van der Waals surface area (Å²) in [6, 6.07) is 6.08. The zero-order chi connectivity index (χ0) is 13.0. The van der Waals surface area contributed by atoms with E-state index in [0.717, 1.165) is 36.4 Å². The van der Waals surface area contributed by atoms with Crippen LogP contribution >= 0.6 is 0 Å². The highest BCUT2D eigenvalue weighted by Crippen LogP contribution is 2.19. The van der Waals surface area contributed by atoms with Crippen molar-refractivity contribution >= 4 is 5.91 Å². The molecule has 0 bridgehead atoms. The third-order valence-corrected chi connectivity index (χ3v) is 3.24. The summed E-state index contributed by atoms with van der Waals surface area (Å²) in [6.45, 7) is 4.91. The second-order valence-electron chi connectivity index (χ2n) is 4.65. The molecule has 0 aliphatic carbocycles. The van der Waals surface area contributed by atoms with E-state index in [1.807, 2.05) is 24.0 Å². The number of hydrogen-bond donors (Lipinski definition) is 1. The van der Waals surface area contributed by atoms with E-state index in [1.54, 1.807) is 7.11 Å². The lowest BCUT2D eigenvalue weighted by Gasteiger charge is -2.20. The molecule has 1 aliphatic heterocycles. The van der Waals surface area contributed by atoms with Crippen LogP contribution in [0, 0.1) is 6.92 Å². The zero-order valence-electron chi connectivity index (χ0n) is 11.0. The van der Waals surface area contributed by atoms with Gasteiger partial charge in [-0.25, -0.2) is 0 Å². The van der Waals surface area contributed by atoms with Crippen molar-refractivity contribution < 1.29 is 9.53 Å². The predicted molar refractivity (Wildman–Crippen MR) is 70.6 cm³/mol. The summed E-state index contributed by atoms with van der Waals surface area (Å²) >= 11 is 0. The van der Waals surface area contributed by atoms with E-state index in [9.17, 15) is 4.79 Å². The number of methoxy groups -OCH3 is 1. The molecule has 18 heavy (non-hydrogen) atoms. The standard InChI is InChI=1S/C14H20N2O2/c1-11-8-12(4-5-13(11)18-2)10-16-7-3-6-15-9-14(16)17/h4-5,8,15H,3,6-7,9-10H2,1-2H3. The molecule has 0 aromatic heterocycles. The first-order valence-corrected chi connectivity index (χ1v) is 6.32. The number of nitrogens with zero attached hydrogens (tertiary/aromatic N) is 1. The van der Waals surface area contributed by atoms with Gasteiger partial charge in [-0.2, -0.15) is 0 Å². The van der Waals surface area contributed by atoms with E-state index in [4.69, 9.17) is 4.74 Å². The average Bonchev–Trinajstić information content (AvgIpc) is 2.55. The number of rotatable bonds is 3. The molecule has 1 fully saturated rings. The SMILES string of the molecule is COc1ccc(CN2CCCNCC2=O)cc1C. The van der Waals surface area contributed by atoms with Gasteiger partial charge in [0.25, 0.3) is 0 Å². The molecule has 0 saturated carbocycles. The Bertz CT molecular complexity index is 432. The normalized spacial score (nSPS) is 16.6. The zero-order valence-corrected chi connectivity index (χ0v) is 11.0. The summed E-state index contributed by atoms with van der Waals surface area (Å²) in [4.78, 5) is 13.8. The number of carbonyl (C=O) groups excluding carboxylic acids is 1. The highest BCUT2D eigenvalue weighted by molar-refractivity contribution is 5.78. The van der Waals surface area contributed by atoms with Crippen LogP contribution in [0.5, 0.6) is 5.75 Å². The van der Waals surface area contributed by atoms with E-state index in [0.29, 0.717) is 13.1 Å². The maximum Gasteiger partial charge on any atom is 0.236 e. The Hall–Kier alpha value is -1.55. The van der Waals surface area contributed by atoms with Crippen molar-refractivity contribution in [2.45, 2.75) is 19.9 Å². The minimum Gasteiger partial charge on any atom is -0.496 e. The molecule has 1 aromatic carbocycles. The molecule has 0 radical (unpaired) electrons. The first-order chi connectivity index (χ1) is 8.70. The van der Waals surface area contributed by atoms with Gasteiger partial charge in [0.15, 0.2) is 0 Å². The van der Waals surface area contributed by atoms with Crippen molar-refractivity contribution in [3.05, 3.63) is 29.3 Å². The molecule has 0 spiro atoms. The minimum absolute atomic E-state index is 0.181. The Balaban J connectivity index is 2.08. The summed E-state index contributed by atoms with van der Waals surface area (Å²) in [5, 5.41) is 3.13. The maximum atomic E-state index is 11.9. The Morgan fingerprint density at radius 2 is 2.28 bits per heavy atom. The number of ether oxygens (including phenoxy) is 1. The second kappa shape index (κ2) is 5.87. The quantitative estimate of drug-likeness (QED) is 0.877. The monoisotopic (exact) mass is 248 g/mol. The Morgan fingerprint density at radius 1 is 1.44 bits per heavy atom. The van der Waals surface area contributed by atoms with Crippen molar-refractivity contribution in [1.29, 1.82) is 0 Å². The van der Waals surface area contributed by atoms with Gasteiger partial charge in [0, 0.05) is 13.1 Å². The molecule has 1 N–H and O–H groups in total.